The maximum absolute atomic E-state index is 12.3. The highest BCUT2D eigenvalue weighted by Crippen LogP contribution is 2.24. The summed E-state index contributed by atoms with van der Waals surface area (Å²) in [5.41, 5.74) is 0. The molecule has 0 aromatic carbocycles. The number of nitrogens with one attached hydrogen (secondary N) is 1. The molecule has 2 rings (SSSR count). The SMILES string of the molecule is Cc1ccc(C(C)NS(=O)(=O)N2CCC(CO)CC2)s1. The summed E-state index contributed by atoms with van der Waals surface area (Å²) in [4.78, 5) is 2.20. The zero-order valence-corrected chi connectivity index (χ0v) is 13.5. The normalized spacial score (nSPS) is 20.1. The highest BCUT2D eigenvalue weighted by Gasteiger charge is 2.29. The van der Waals surface area contributed by atoms with Gasteiger partial charge in [-0.2, -0.15) is 17.4 Å². The molecule has 1 aromatic rings. The Bertz CT molecular complexity index is 534. The van der Waals surface area contributed by atoms with E-state index >= 15 is 0 Å². The summed E-state index contributed by atoms with van der Waals surface area (Å²) in [6, 6.07) is 3.75. The Morgan fingerprint density at radius 1 is 1.45 bits per heavy atom. The standard InChI is InChI=1S/C13H22N2O3S2/c1-10-3-4-13(19-10)11(2)14-20(17,18)15-7-5-12(9-16)6-8-15/h3-4,11-12,14,16H,5-9H2,1-2H3. The molecule has 1 aliphatic heterocycles. The Morgan fingerprint density at radius 3 is 2.60 bits per heavy atom. The van der Waals surface area contributed by atoms with Crippen molar-refractivity contribution in [3.8, 4) is 0 Å². The van der Waals surface area contributed by atoms with Crippen LogP contribution in [0.15, 0.2) is 12.1 Å². The molecule has 0 amide bonds. The van der Waals surface area contributed by atoms with Crippen molar-refractivity contribution in [2.75, 3.05) is 19.7 Å². The first-order valence-electron chi connectivity index (χ1n) is 6.87. The van der Waals surface area contributed by atoms with Gasteiger partial charge < -0.3 is 5.11 Å². The summed E-state index contributed by atoms with van der Waals surface area (Å²) in [5.74, 6) is 0.235. The first-order valence-corrected chi connectivity index (χ1v) is 9.12. The number of piperidine rings is 1. The van der Waals surface area contributed by atoms with Gasteiger partial charge >= 0.3 is 0 Å². The maximum atomic E-state index is 12.3. The molecule has 1 aromatic heterocycles. The molecule has 0 saturated carbocycles. The molecule has 2 N–H and O–H groups in total. The Labute approximate surface area is 124 Å². The van der Waals surface area contributed by atoms with Gasteiger partial charge in [0.25, 0.3) is 10.2 Å². The number of nitrogens with zero attached hydrogens (tertiary/aromatic N) is 1. The van der Waals surface area contributed by atoms with Crippen LogP contribution in [0.5, 0.6) is 0 Å². The summed E-state index contributed by atoms with van der Waals surface area (Å²) >= 11 is 1.61. The third-order valence-corrected chi connectivity index (χ3v) is 6.57. The van der Waals surface area contributed by atoms with Gasteiger partial charge in [-0.3, -0.25) is 0 Å². The molecule has 1 unspecified atom stereocenters. The van der Waals surface area contributed by atoms with Crippen LogP contribution in [-0.4, -0.2) is 37.5 Å². The molecule has 20 heavy (non-hydrogen) atoms. The molecule has 0 radical (unpaired) electrons. The van der Waals surface area contributed by atoms with Crippen LogP contribution in [0.4, 0.5) is 0 Å². The highest BCUT2D eigenvalue weighted by molar-refractivity contribution is 7.87. The fourth-order valence-electron chi connectivity index (χ4n) is 2.37. The number of aliphatic hydroxyl groups is 1. The molecule has 0 bridgehead atoms. The summed E-state index contributed by atoms with van der Waals surface area (Å²) < 4.78 is 28.9. The van der Waals surface area contributed by atoms with Crippen molar-refractivity contribution in [1.29, 1.82) is 0 Å². The van der Waals surface area contributed by atoms with E-state index in [2.05, 4.69) is 4.72 Å². The quantitative estimate of drug-likeness (QED) is 0.867. The lowest BCUT2D eigenvalue weighted by atomic mass is 10.00. The number of rotatable bonds is 5. The second kappa shape index (κ2) is 6.53. The molecule has 1 aliphatic rings. The Kier molecular flexibility index (Phi) is 5.19. The predicted molar refractivity (Wildman–Crippen MR) is 80.9 cm³/mol. The Morgan fingerprint density at radius 2 is 2.10 bits per heavy atom. The lowest BCUT2D eigenvalue weighted by Gasteiger charge is -2.31. The van der Waals surface area contributed by atoms with E-state index in [1.54, 1.807) is 11.3 Å². The van der Waals surface area contributed by atoms with E-state index in [4.69, 9.17) is 5.11 Å². The number of hydrogen-bond acceptors (Lipinski definition) is 4. The van der Waals surface area contributed by atoms with Gasteiger partial charge in [-0.15, -0.1) is 11.3 Å². The zero-order chi connectivity index (χ0) is 14.8. The average Bonchev–Trinajstić information content (AvgIpc) is 2.85. The fraction of sp³-hybridized carbons (Fsp3) is 0.692. The first-order chi connectivity index (χ1) is 9.42. The van der Waals surface area contributed by atoms with E-state index in [1.807, 2.05) is 26.0 Å². The van der Waals surface area contributed by atoms with Gasteiger partial charge in [0.15, 0.2) is 0 Å². The monoisotopic (exact) mass is 318 g/mol. The van der Waals surface area contributed by atoms with Crippen LogP contribution >= 0.6 is 11.3 Å². The molecule has 114 valence electrons. The Balaban J connectivity index is 1.97. The van der Waals surface area contributed by atoms with Crippen LogP contribution < -0.4 is 4.72 Å². The van der Waals surface area contributed by atoms with E-state index in [-0.39, 0.29) is 18.6 Å². The predicted octanol–water partition coefficient (Wildman–Crippen LogP) is 1.66. The van der Waals surface area contributed by atoms with Crippen molar-refractivity contribution in [2.45, 2.75) is 32.7 Å². The van der Waals surface area contributed by atoms with E-state index in [0.717, 1.165) is 17.7 Å². The van der Waals surface area contributed by atoms with Crippen LogP contribution in [-0.2, 0) is 10.2 Å². The first kappa shape index (κ1) is 15.9. The van der Waals surface area contributed by atoms with Gasteiger partial charge in [0.2, 0.25) is 0 Å². The second-order valence-electron chi connectivity index (χ2n) is 5.32. The molecule has 1 fully saturated rings. The van der Waals surface area contributed by atoms with Gasteiger partial charge in [0, 0.05) is 29.5 Å². The number of hydrogen-bond donors (Lipinski definition) is 2. The van der Waals surface area contributed by atoms with Crippen LogP contribution in [0.1, 0.15) is 35.6 Å². The minimum atomic E-state index is -3.44. The summed E-state index contributed by atoms with van der Waals surface area (Å²) in [6.45, 7) is 4.98. The number of aryl methyl sites for hydroxylation is 1. The Hall–Kier alpha value is -0.470. The minimum absolute atomic E-state index is 0.145. The van der Waals surface area contributed by atoms with Gasteiger partial charge in [-0.25, -0.2) is 0 Å². The van der Waals surface area contributed by atoms with Gasteiger partial charge in [-0.1, -0.05) is 0 Å². The van der Waals surface area contributed by atoms with Crippen molar-refractivity contribution < 1.29 is 13.5 Å². The van der Waals surface area contributed by atoms with Crippen LogP contribution in [0.3, 0.4) is 0 Å². The molecular weight excluding hydrogens is 296 g/mol. The van der Waals surface area contributed by atoms with Crippen molar-refractivity contribution in [3.05, 3.63) is 21.9 Å². The fourth-order valence-corrected chi connectivity index (χ4v) is 4.74. The topological polar surface area (TPSA) is 69.6 Å². The van der Waals surface area contributed by atoms with Crippen LogP contribution in [0, 0.1) is 12.8 Å². The zero-order valence-electron chi connectivity index (χ0n) is 11.9. The molecule has 2 heterocycles. The van der Waals surface area contributed by atoms with Crippen molar-refractivity contribution in [3.63, 3.8) is 0 Å². The third-order valence-electron chi connectivity index (χ3n) is 3.69. The van der Waals surface area contributed by atoms with Crippen molar-refractivity contribution in [2.24, 2.45) is 5.92 Å². The molecule has 1 atom stereocenters. The van der Waals surface area contributed by atoms with Crippen LogP contribution in [0.25, 0.3) is 0 Å². The number of thiophene rings is 1. The molecule has 0 aliphatic carbocycles. The van der Waals surface area contributed by atoms with E-state index in [0.29, 0.717) is 13.1 Å². The maximum Gasteiger partial charge on any atom is 0.280 e. The minimum Gasteiger partial charge on any atom is -0.396 e. The van der Waals surface area contributed by atoms with Crippen molar-refractivity contribution in [1.82, 2.24) is 9.03 Å². The lowest BCUT2D eigenvalue weighted by molar-refractivity contribution is 0.169. The summed E-state index contributed by atoms with van der Waals surface area (Å²) in [7, 11) is -3.44. The smallest absolute Gasteiger partial charge is 0.280 e. The molecule has 7 heteroatoms. The van der Waals surface area contributed by atoms with E-state index in [1.165, 1.54) is 9.18 Å². The third kappa shape index (κ3) is 3.79. The van der Waals surface area contributed by atoms with Gasteiger partial charge in [0.1, 0.15) is 0 Å². The summed E-state index contributed by atoms with van der Waals surface area (Å²) in [5, 5.41) is 9.09. The lowest BCUT2D eigenvalue weighted by Crippen LogP contribution is -2.45. The molecule has 1 saturated heterocycles. The molecule has 0 spiro atoms. The van der Waals surface area contributed by atoms with E-state index in [9.17, 15) is 8.42 Å². The molecular formula is C13H22N2O3S2. The van der Waals surface area contributed by atoms with Crippen molar-refractivity contribution >= 4 is 21.5 Å². The largest absolute Gasteiger partial charge is 0.396 e. The summed E-state index contributed by atoms with van der Waals surface area (Å²) in [6.07, 6.45) is 1.45. The second-order valence-corrected chi connectivity index (χ2v) is 8.34. The van der Waals surface area contributed by atoms with Crippen LogP contribution in [0.2, 0.25) is 0 Å². The number of aliphatic hydroxyl groups excluding tert-OH is 1. The average molecular weight is 318 g/mol. The highest BCUT2D eigenvalue weighted by atomic mass is 32.2. The van der Waals surface area contributed by atoms with Gasteiger partial charge in [-0.05, 0) is 44.7 Å². The van der Waals surface area contributed by atoms with Gasteiger partial charge in [0.05, 0.1) is 6.04 Å². The molecule has 5 nitrogen and oxygen atoms in total. The van der Waals surface area contributed by atoms with E-state index < -0.39 is 10.2 Å².